The molecule has 0 saturated carbocycles. The largest absolute Gasteiger partial charge is 0.460 e. The molecule has 122 valence electrons. The number of nitrogens with zero attached hydrogens (tertiary/aromatic N) is 1. The van der Waals surface area contributed by atoms with Crippen molar-refractivity contribution in [3.8, 4) is 0 Å². The van der Waals surface area contributed by atoms with Gasteiger partial charge in [0, 0.05) is 22.7 Å². The van der Waals surface area contributed by atoms with Gasteiger partial charge in [-0.2, -0.15) is 39.5 Å². The SMILES string of the molecule is CCN(Br)S(=O)(=O)C(F)(F)C(F)(F)C(F)(F)C(F)(F)F. The maximum Gasteiger partial charge on any atom is 0.460 e. The molecule has 0 saturated heterocycles. The summed E-state index contributed by atoms with van der Waals surface area (Å²) in [6, 6.07) is 0. The van der Waals surface area contributed by atoms with Gasteiger partial charge in [0.2, 0.25) is 0 Å². The molecule has 0 bridgehead atoms. The van der Waals surface area contributed by atoms with Crippen molar-refractivity contribution in [1.82, 2.24) is 3.33 Å². The molecule has 0 N–H and O–H groups in total. The molecule has 0 aliphatic carbocycles. The maximum atomic E-state index is 13.1. The highest BCUT2D eigenvalue weighted by Gasteiger charge is 2.85. The van der Waals surface area contributed by atoms with Crippen LogP contribution in [0, 0.1) is 0 Å². The molecule has 0 aliphatic rings. The summed E-state index contributed by atoms with van der Waals surface area (Å²) in [5, 5.41) is -6.70. The first-order valence-corrected chi connectivity index (χ1v) is 6.51. The zero-order valence-electron chi connectivity index (χ0n) is 9.16. The van der Waals surface area contributed by atoms with Gasteiger partial charge in [0.1, 0.15) is 0 Å². The summed E-state index contributed by atoms with van der Waals surface area (Å²) in [4.78, 5) is 0. The second-order valence-corrected chi connectivity index (χ2v) is 6.50. The molecular weight excluding hydrogens is 401 g/mol. The van der Waals surface area contributed by atoms with Crippen molar-refractivity contribution in [2.45, 2.75) is 30.2 Å². The Hall–Kier alpha value is -0.240. The van der Waals surface area contributed by atoms with Crippen LogP contribution in [0.3, 0.4) is 0 Å². The van der Waals surface area contributed by atoms with Gasteiger partial charge in [-0.3, -0.25) is 0 Å². The molecule has 0 fully saturated rings. The van der Waals surface area contributed by atoms with Crippen LogP contribution in [0.2, 0.25) is 0 Å². The van der Waals surface area contributed by atoms with Crippen LogP contribution < -0.4 is 0 Å². The lowest BCUT2D eigenvalue weighted by Gasteiger charge is -2.34. The van der Waals surface area contributed by atoms with Gasteiger partial charge in [-0.15, -0.1) is 3.33 Å². The zero-order valence-corrected chi connectivity index (χ0v) is 11.6. The lowest BCUT2D eigenvalue weighted by atomic mass is 10.1. The molecule has 0 rings (SSSR count). The summed E-state index contributed by atoms with van der Waals surface area (Å²) in [6.45, 7) is -0.0893. The number of rotatable bonds is 5. The van der Waals surface area contributed by atoms with Crippen LogP contribution in [0.4, 0.5) is 39.5 Å². The summed E-state index contributed by atoms with van der Waals surface area (Å²) in [6.07, 6.45) is -7.07. The first-order chi connectivity index (χ1) is 8.48. The molecule has 3 nitrogen and oxygen atoms in total. The summed E-state index contributed by atoms with van der Waals surface area (Å²) < 4.78 is 133. The van der Waals surface area contributed by atoms with Crippen LogP contribution >= 0.6 is 16.1 Å². The lowest BCUT2D eigenvalue weighted by molar-refractivity contribution is -0.382. The van der Waals surface area contributed by atoms with Gasteiger partial charge in [0.05, 0.1) is 0 Å². The molecule has 0 spiro atoms. The molecule has 0 atom stereocenters. The summed E-state index contributed by atoms with van der Waals surface area (Å²) in [5.74, 6) is -14.5. The minimum absolute atomic E-state index is 0.652. The van der Waals surface area contributed by atoms with Crippen molar-refractivity contribution in [2.75, 3.05) is 6.54 Å². The summed E-state index contributed by atoms with van der Waals surface area (Å²) in [7, 11) is -6.50. The maximum absolute atomic E-state index is 13.1. The first-order valence-electron chi connectivity index (χ1n) is 4.36. The Kier molecular flexibility index (Phi) is 5.13. The van der Waals surface area contributed by atoms with E-state index in [1.165, 1.54) is 0 Å². The fourth-order valence-corrected chi connectivity index (χ4v) is 2.40. The smallest absolute Gasteiger partial charge is 0.205 e. The van der Waals surface area contributed by atoms with E-state index in [1.807, 2.05) is 16.1 Å². The normalized spacial score (nSPS) is 15.8. The Bertz CT molecular complexity index is 460. The van der Waals surface area contributed by atoms with Crippen molar-refractivity contribution < 1.29 is 47.9 Å². The first kappa shape index (κ1) is 19.8. The molecular formula is C6H5BrF9NO2S. The quantitative estimate of drug-likeness (QED) is 0.519. The van der Waals surface area contributed by atoms with Gasteiger partial charge in [-0.1, -0.05) is 6.92 Å². The van der Waals surface area contributed by atoms with Crippen molar-refractivity contribution >= 4 is 26.2 Å². The zero-order chi connectivity index (χ0) is 16.8. The van der Waals surface area contributed by atoms with Gasteiger partial charge < -0.3 is 0 Å². The Balaban J connectivity index is 6.08. The van der Waals surface area contributed by atoms with Gasteiger partial charge in [-0.25, -0.2) is 8.42 Å². The Morgan fingerprint density at radius 1 is 0.900 bits per heavy atom. The molecule has 0 unspecified atom stereocenters. The Labute approximate surface area is 115 Å². The van der Waals surface area contributed by atoms with E-state index in [0.717, 1.165) is 6.92 Å². The Morgan fingerprint density at radius 2 is 1.25 bits per heavy atom. The fraction of sp³-hybridized carbons (Fsp3) is 1.00. The second kappa shape index (κ2) is 5.19. The molecule has 0 aromatic carbocycles. The third kappa shape index (κ3) is 2.61. The van der Waals surface area contributed by atoms with E-state index in [0.29, 0.717) is 0 Å². The highest BCUT2D eigenvalue weighted by atomic mass is 79.9. The average Bonchev–Trinajstić information content (AvgIpc) is 2.25. The highest BCUT2D eigenvalue weighted by Crippen LogP contribution is 2.55. The molecule has 20 heavy (non-hydrogen) atoms. The van der Waals surface area contributed by atoms with Gasteiger partial charge in [0.15, 0.2) is 0 Å². The molecule has 0 amide bonds. The van der Waals surface area contributed by atoms with Gasteiger partial charge in [-0.05, 0) is 0 Å². The van der Waals surface area contributed by atoms with E-state index in [4.69, 9.17) is 0 Å². The number of sulfonamides is 1. The van der Waals surface area contributed by atoms with E-state index in [-0.39, 0.29) is 0 Å². The van der Waals surface area contributed by atoms with E-state index in [1.54, 1.807) is 0 Å². The monoisotopic (exact) mass is 405 g/mol. The van der Waals surface area contributed by atoms with Crippen molar-refractivity contribution in [1.29, 1.82) is 0 Å². The van der Waals surface area contributed by atoms with E-state index in [9.17, 15) is 47.9 Å². The summed E-state index contributed by atoms with van der Waals surface area (Å²) in [5.41, 5.74) is 0. The molecule has 0 aliphatic heterocycles. The van der Waals surface area contributed by atoms with E-state index < -0.39 is 43.2 Å². The van der Waals surface area contributed by atoms with Crippen LogP contribution in [-0.4, -0.2) is 41.6 Å². The van der Waals surface area contributed by atoms with E-state index >= 15 is 0 Å². The fourth-order valence-electron chi connectivity index (χ4n) is 0.817. The molecule has 0 aromatic heterocycles. The lowest BCUT2D eigenvalue weighted by Crippen LogP contribution is -2.64. The number of hydrogen-bond acceptors (Lipinski definition) is 2. The van der Waals surface area contributed by atoms with Gasteiger partial charge >= 0.3 is 23.3 Å². The van der Waals surface area contributed by atoms with Crippen LogP contribution in [0.5, 0.6) is 0 Å². The predicted octanol–water partition coefficient (Wildman–Crippen LogP) is 3.37. The number of alkyl halides is 9. The average molecular weight is 406 g/mol. The molecule has 0 heterocycles. The number of halogens is 10. The predicted molar refractivity (Wildman–Crippen MR) is 51.1 cm³/mol. The topological polar surface area (TPSA) is 37.4 Å². The van der Waals surface area contributed by atoms with Crippen LogP contribution in [0.25, 0.3) is 0 Å². The summed E-state index contributed by atoms with van der Waals surface area (Å²) >= 11 is 1.85. The van der Waals surface area contributed by atoms with Crippen molar-refractivity contribution in [3.63, 3.8) is 0 Å². The molecule has 0 aromatic rings. The van der Waals surface area contributed by atoms with E-state index in [2.05, 4.69) is 0 Å². The third-order valence-electron chi connectivity index (χ3n) is 1.95. The minimum atomic E-state index is -7.25. The number of hydrogen-bond donors (Lipinski definition) is 0. The van der Waals surface area contributed by atoms with Crippen LogP contribution in [0.1, 0.15) is 6.92 Å². The van der Waals surface area contributed by atoms with Crippen LogP contribution in [-0.2, 0) is 10.0 Å². The molecule has 14 heteroatoms. The molecule has 0 radical (unpaired) electrons. The highest BCUT2D eigenvalue weighted by molar-refractivity contribution is 9.08. The third-order valence-corrected chi connectivity index (χ3v) is 5.28. The standard InChI is InChI=1S/C6H5BrF9NO2S/c1-2-17(7)20(18,19)6(15,16)4(10,11)3(8,9)5(12,13)14/h2H2,1H3. The Morgan fingerprint density at radius 3 is 1.50 bits per heavy atom. The second-order valence-electron chi connectivity index (χ2n) is 3.27. The minimum Gasteiger partial charge on any atom is -0.205 e. The van der Waals surface area contributed by atoms with Crippen molar-refractivity contribution in [3.05, 3.63) is 0 Å². The van der Waals surface area contributed by atoms with Crippen molar-refractivity contribution in [2.24, 2.45) is 0 Å². The van der Waals surface area contributed by atoms with Crippen LogP contribution in [0.15, 0.2) is 0 Å². The van der Waals surface area contributed by atoms with Gasteiger partial charge in [0.25, 0.3) is 10.0 Å².